The highest BCUT2D eigenvalue weighted by molar-refractivity contribution is 5.92. The van der Waals surface area contributed by atoms with Gasteiger partial charge in [0, 0.05) is 12.6 Å². The fraction of sp³-hybridized carbons (Fsp3) is 0.500. The van der Waals surface area contributed by atoms with E-state index in [1.54, 1.807) is 12.3 Å². The number of aryl methyl sites for hydroxylation is 1. The molecule has 3 aliphatic rings. The highest BCUT2D eigenvalue weighted by atomic mass is 16.5. The monoisotopic (exact) mass is 287 g/mol. The molecule has 3 fully saturated rings. The SMILES string of the molecule is C=COc1cnc(C(=O)NC2CN3CCC2CC3)cc1C. The Morgan fingerprint density at radius 1 is 1.52 bits per heavy atom. The van der Waals surface area contributed by atoms with E-state index in [0.29, 0.717) is 17.4 Å². The van der Waals surface area contributed by atoms with E-state index in [0.717, 1.165) is 12.1 Å². The van der Waals surface area contributed by atoms with Crippen LogP contribution in [0.2, 0.25) is 0 Å². The molecular formula is C16H21N3O2. The molecule has 112 valence electrons. The summed E-state index contributed by atoms with van der Waals surface area (Å²) >= 11 is 0. The normalized spacial score (nSPS) is 27.2. The lowest BCUT2D eigenvalue weighted by molar-refractivity contribution is 0.0617. The molecule has 0 radical (unpaired) electrons. The molecule has 0 aliphatic carbocycles. The molecule has 4 heterocycles. The summed E-state index contributed by atoms with van der Waals surface area (Å²) < 4.78 is 5.22. The third-order valence-corrected chi connectivity index (χ3v) is 4.48. The first kappa shape index (κ1) is 14.1. The van der Waals surface area contributed by atoms with Crippen molar-refractivity contribution in [1.29, 1.82) is 0 Å². The van der Waals surface area contributed by atoms with Gasteiger partial charge in [-0.2, -0.15) is 0 Å². The lowest BCUT2D eigenvalue weighted by atomic mass is 9.84. The quantitative estimate of drug-likeness (QED) is 0.857. The molecule has 1 atom stereocenters. The number of aromatic nitrogens is 1. The van der Waals surface area contributed by atoms with E-state index in [1.807, 2.05) is 6.92 Å². The Balaban J connectivity index is 1.68. The number of pyridine rings is 1. The van der Waals surface area contributed by atoms with Crippen molar-refractivity contribution in [2.24, 2.45) is 5.92 Å². The average Bonchev–Trinajstić information content (AvgIpc) is 2.50. The standard InChI is InChI=1S/C16H21N3O2/c1-3-21-15-9-17-13(8-11(15)2)16(20)18-14-10-19-6-4-12(14)5-7-19/h3,8-9,12,14H,1,4-7,10H2,2H3,(H,18,20). The summed E-state index contributed by atoms with van der Waals surface area (Å²) in [6, 6.07) is 2.02. The van der Waals surface area contributed by atoms with Gasteiger partial charge in [0.2, 0.25) is 0 Å². The van der Waals surface area contributed by atoms with E-state index in [9.17, 15) is 4.79 Å². The van der Waals surface area contributed by atoms with Gasteiger partial charge in [0.05, 0.1) is 12.5 Å². The van der Waals surface area contributed by atoms with Gasteiger partial charge >= 0.3 is 0 Å². The van der Waals surface area contributed by atoms with Gasteiger partial charge in [-0.1, -0.05) is 6.58 Å². The minimum Gasteiger partial charge on any atom is -0.464 e. The van der Waals surface area contributed by atoms with Crippen molar-refractivity contribution in [3.63, 3.8) is 0 Å². The molecule has 1 aromatic heterocycles. The van der Waals surface area contributed by atoms with Crippen molar-refractivity contribution < 1.29 is 9.53 Å². The Kier molecular flexibility index (Phi) is 3.92. The fourth-order valence-electron chi connectivity index (χ4n) is 3.25. The summed E-state index contributed by atoms with van der Waals surface area (Å²) in [5, 5.41) is 3.14. The number of nitrogens with one attached hydrogen (secondary N) is 1. The second-order valence-corrected chi connectivity index (χ2v) is 5.84. The van der Waals surface area contributed by atoms with Gasteiger partial charge < -0.3 is 15.0 Å². The molecule has 1 unspecified atom stereocenters. The number of amides is 1. The molecule has 4 rings (SSSR count). The largest absolute Gasteiger partial charge is 0.464 e. The van der Waals surface area contributed by atoms with Gasteiger partial charge in [0.15, 0.2) is 0 Å². The van der Waals surface area contributed by atoms with Crippen molar-refractivity contribution in [3.05, 3.63) is 36.4 Å². The molecule has 0 spiro atoms. The average molecular weight is 287 g/mol. The van der Waals surface area contributed by atoms with Crippen molar-refractivity contribution >= 4 is 5.91 Å². The lowest BCUT2D eigenvalue weighted by Gasteiger charge is -2.44. The van der Waals surface area contributed by atoms with Gasteiger partial charge in [0.25, 0.3) is 5.91 Å². The summed E-state index contributed by atoms with van der Waals surface area (Å²) in [6.45, 7) is 8.72. The molecule has 0 aromatic carbocycles. The Morgan fingerprint density at radius 3 is 2.86 bits per heavy atom. The van der Waals surface area contributed by atoms with Gasteiger partial charge in [0.1, 0.15) is 11.4 Å². The number of hydrogen-bond acceptors (Lipinski definition) is 4. The molecule has 3 saturated heterocycles. The maximum Gasteiger partial charge on any atom is 0.270 e. The van der Waals surface area contributed by atoms with Crippen molar-refractivity contribution in [3.8, 4) is 5.75 Å². The van der Waals surface area contributed by atoms with Crippen LogP contribution in [-0.4, -0.2) is 41.5 Å². The van der Waals surface area contributed by atoms with E-state index in [1.165, 1.54) is 32.2 Å². The summed E-state index contributed by atoms with van der Waals surface area (Å²) in [5.41, 5.74) is 1.32. The van der Waals surface area contributed by atoms with Gasteiger partial charge in [-0.25, -0.2) is 4.98 Å². The van der Waals surface area contributed by atoms with Crippen LogP contribution < -0.4 is 10.1 Å². The zero-order valence-corrected chi connectivity index (χ0v) is 12.3. The highest BCUT2D eigenvalue weighted by Crippen LogP contribution is 2.27. The Hall–Kier alpha value is -1.88. The fourth-order valence-corrected chi connectivity index (χ4v) is 3.25. The molecular weight excluding hydrogens is 266 g/mol. The first-order chi connectivity index (χ1) is 10.2. The topological polar surface area (TPSA) is 54.5 Å². The molecule has 3 aliphatic heterocycles. The molecule has 21 heavy (non-hydrogen) atoms. The summed E-state index contributed by atoms with van der Waals surface area (Å²) in [5.74, 6) is 1.15. The van der Waals surface area contributed by atoms with Crippen molar-refractivity contribution in [1.82, 2.24) is 15.2 Å². The van der Waals surface area contributed by atoms with Crippen LogP contribution in [0.1, 0.15) is 28.9 Å². The van der Waals surface area contributed by atoms with Crippen LogP contribution in [0, 0.1) is 12.8 Å². The van der Waals surface area contributed by atoms with E-state index in [2.05, 4.69) is 21.8 Å². The zero-order valence-electron chi connectivity index (χ0n) is 12.3. The number of nitrogens with zero attached hydrogens (tertiary/aromatic N) is 2. The number of fused-ring (bicyclic) bond motifs is 3. The number of carbonyl (C=O) groups is 1. The molecule has 2 bridgehead atoms. The minimum atomic E-state index is -0.0954. The third-order valence-electron chi connectivity index (χ3n) is 4.48. The van der Waals surface area contributed by atoms with Gasteiger partial charge in [-0.3, -0.25) is 4.79 Å². The highest BCUT2D eigenvalue weighted by Gasteiger charge is 2.35. The Morgan fingerprint density at radius 2 is 2.29 bits per heavy atom. The Labute approximate surface area is 125 Å². The molecule has 1 N–H and O–H groups in total. The number of piperidine rings is 3. The van der Waals surface area contributed by atoms with E-state index in [-0.39, 0.29) is 11.9 Å². The molecule has 5 nitrogen and oxygen atoms in total. The molecule has 5 heteroatoms. The number of ether oxygens (including phenoxy) is 1. The maximum absolute atomic E-state index is 12.4. The van der Waals surface area contributed by atoms with Crippen LogP contribution in [0.25, 0.3) is 0 Å². The predicted octanol–water partition coefficient (Wildman–Crippen LogP) is 1.74. The second-order valence-electron chi connectivity index (χ2n) is 5.84. The van der Waals surface area contributed by atoms with Crippen LogP contribution >= 0.6 is 0 Å². The van der Waals surface area contributed by atoms with Gasteiger partial charge in [-0.15, -0.1) is 0 Å². The lowest BCUT2D eigenvalue weighted by Crippen LogP contribution is -2.57. The molecule has 1 amide bonds. The van der Waals surface area contributed by atoms with E-state index >= 15 is 0 Å². The molecule has 0 saturated carbocycles. The summed E-state index contributed by atoms with van der Waals surface area (Å²) in [6.07, 6.45) is 5.30. The predicted molar refractivity (Wildman–Crippen MR) is 80.2 cm³/mol. The van der Waals surface area contributed by atoms with Crippen molar-refractivity contribution in [2.45, 2.75) is 25.8 Å². The third kappa shape index (κ3) is 2.93. The molecule has 1 aromatic rings. The number of carbonyl (C=O) groups excluding carboxylic acids is 1. The second kappa shape index (κ2) is 5.85. The minimum absolute atomic E-state index is 0.0954. The Bertz CT molecular complexity index is 550. The first-order valence-electron chi connectivity index (χ1n) is 7.45. The van der Waals surface area contributed by atoms with Crippen LogP contribution in [0.5, 0.6) is 5.75 Å². The number of rotatable bonds is 4. The van der Waals surface area contributed by atoms with E-state index in [4.69, 9.17) is 4.74 Å². The summed E-state index contributed by atoms with van der Waals surface area (Å²) in [7, 11) is 0. The number of hydrogen-bond donors (Lipinski definition) is 1. The smallest absolute Gasteiger partial charge is 0.270 e. The van der Waals surface area contributed by atoms with Crippen LogP contribution in [0.4, 0.5) is 0 Å². The van der Waals surface area contributed by atoms with Crippen LogP contribution in [0.15, 0.2) is 25.1 Å². The van der Waals surface area contributed by atoms with Crippen LogP contribution in [-0.2, 0) is 0 Å². The van der Waals surface area contributed by atoms with E-state index < -0.39 is 0 Å². The van der Waals surface area contributed by atoms with Crippen LogP contribution in [0.3, 0.4) is 0 Å². The van der Waals surface area contributed by atoms with Gasteiger partial charge in [-0.05, 0) is 50.4 Å². The zero-order chi connectivity index (χ0) is 14.8. The first-order valence-corrected chi connectivity index (χ1v) is 7.45. The van der Waals surface area contributed by atoms with Crippen molar-refractivity contribution in [2.75, 3.05) is 19.6 Å². The summed E-state index contributed by atoms with van der Waals surface area (Å²) in [4.78, 5) is 19.0. The maximum atomic E-state index is 12.4.